The topological polar surface area (TPSA) is 63.7 Å². The third-order valence-electron chi connectivity index (χ3n) is 4.75. The molecule has 2 amide bonds. The van der Waals surface area contributed by atoms with Crippen molar-refractivity contribution in [2.75, 3.05) is 0 Å². The summed E-state index contributed by atoms with van der Waals surface area (Å²) in [7, 11) is 0. The van der Waals surface area contributed by atoms with E-state index in [1.165, 1.54) is 13.8 Å². The van der Waals surface area contributed by atoms with E-state index in [9.17, 15) is 40.7 Å². The van der Waals surface area contributed by atoms with Crippen LogP contribution in [0.2, 0.25) is 0 Å². The van der Waals surface area contributed by atoms with Crippen molar-refractivity contribution in [3.05, 3.63) is 12.2 Å². The molecule has 0 aromatic carbocycles. The van der Waals surface area contributed by atoms with E-state index in [0.717, 1.165) is 11.8 Å². The van der Waals surface area contributed by atoms with E-state index in [-0.39, 0.29) is 25.7 Å². The van der Waals surface area contributed by atoms with Crippen LogP contribution in [0.1, 0.15) is 46.5 Å². The van der Waals surface area contributed by atoms with Crippen LogP contribution < -0.4 is 0 Å². The predicted octanol–water partition coefficient (Wildman–Crippen LogP) is 4.17. The molecule has 0 aliphatic heterocycles. The lowest BCUT2D eigenvalue weighted by Gasteiger charge is -2.34. The molecule has 166 valence electrons. The number of ether oxygens (including phenoxy) is 1. The predicted molar refractivity (Wildman–Crippen MR) is 89.2 cm³/mol. The number of carbonyl (C=O) groups excluding carboxylic acids is 3. The van der Waals surface area contributed by atoms with E-state index in [1.54, 1.807) is 0 Å². The summed E-state index contributed by atoms with van der Waals surface area (Å²) in [4.78, 5) is 37.5. The molecular weight excluding hydrogens is 408 g/mol. The highest BCUT2D eigenvalue weighted by molar-refractivity contribution is 6.00. The van der Waals surface area contributed by atoms with Gasteiger partial charge in [0.25, 0.3) is 5.91 Å². The molecule has 1 fully saturated rings. The normalized spacial score (nSPS) is 21.4. The van der Waals surface area contributed by atoms with E-state index in [0.29, 0.717) is 0 Å². The van der Waals surface area contributed by atoms with Crippen molar-refractivity contribution in [1.29, 1.82) is 0 Å². The zero-order valence-electron chi connectivity index (χ0n) is 16.2. The summed E-state index contributed by atoms with van der Waals surface area (Å²) in [5.74, 6) is -5.97. The zero-order chi connectivity index (χ0) is 22.7. The summed E-state index contributed by atoms with van der Waals surface area (Å²) in [6, 6.07) is -0.734. The molecular formula is C18H23F6NO4. The molecule has 0 aromatic heterocycles. The monoisotopic (exact) mass is 431 g/mol. The average Bonchev–Trinajstić information content (AvgIpc) is 2.59. The third kappa shape index (κ3) is 6.46. The van der Waals surface area contributed by atoms with Crippen LogP contribution >= 0.6 is 0 Å². The quantitative estimate of drug-likeness (QED) is 0.372. The van der Waals surface area contributed by atoms with Crippen molar-refractivity contribution < 1.29 is 45.5 Å². The maximum Gasteiger partial charge on any atom is 0.422 e. The van der Waals surface area contributed by atoms with Gasteiger partial charge < -0.3 is 4.74 Å². The highest BCUT2D eigenvalue weighted by atomic mass is 19.4. The molecule has 1 saturated carbocycles. The summed E-state index contributed by atoms with van der Waals surface area (Å²) in [5, 5.41) is 0. The molecule has 1 atom stereocenters. The van der Waals surface area contributed by atoms with E-state index in [2.05, 4.69) is 11.3 Å². The van der Waals surface area contributed by atoms with Crippen molar-refractivity contribution in [2.45, 2.75) is 71.0 Å². The molecule has 11 heteroatoms. The van der Waals surface area contributed by atoms with Gasteiger partial charge in [0.15, 0.2) is 6.10 Å². The molecule has 1 aliphatic rings. The number of amides is 2. The second kappa shape index (κ2) is 9.17. The smallest absolute Gasteiger partial charge is 0.422 e. The van der Waals surface area contributed by atoms with Gasteiger partial charge in [-0.15, -0.1) is 0 Å². The Labute approximate surface area is 164 Å². The number of imide groups is 1. The van der Waals surface area contributed by atoms with Gasteiger partial charge in [-0.25, -0.2) is 4.79 Å². The highest BCUT2D eigenvalue weighted by Crippen LogP contribution is 2.40. The highest BCUT2D eigenvalue weighted by Gasteiger charge is 2.44. The maximum absolute atomic E-state index is 12.8. The molecule has 0 radical (unpaired) electrons. The van der Waals surface area contributed by atoms with Crippen LogP contribution in [-0.2, 0) is 19.1 Å². The second-order valence-corrected chi connectivity index (χ2v) is 7.25. The summed E-state index contributed by atoms with van der Waals surface area (Å²) >= 11 is 0. The lowest BCUT2D eigenvalue weighted by molar-refractivity contribution is -0.186. The van der Waals surface area contributed by atoms with Crippen LogP contribution in [0.3, 0.4) is 0 Å². The van der Waals surface area contributed by atoms with Crippen LogP contribution in [0.25, 0.3) is 0 Å². The van der Waals surface area contributed by atoms with Gasteiger partial charge in [-0.3, -0.25) is 14.5 Å². The van der Waals surface area contributed by atoms with Gasteiger partial charge in [0.05, 0.1) is 5.92 Å². The first-order chi connectivity index (χ1) is 13.1. The lowest BCUT2D eigenvalue weighted by atomic mass is 9.81. The molecule has 0 aromatic rings. The van der Waals surface area contributed by atoms with Gasteiger partial charge in [-0.05, 0) is 46.5 Å². The number of carbonyl (C=O) groups is 3. The average molecular weight is 431 g/mol. The van der Waals surface area contributed by atoms with E-state index in [4.69, 9.17) is 0 Å². The molecule has 0 spiro atoms. The largest absolute Gasteiger partial charge is 0.449 e. The van der Waals surface area contributed by atoms with Gasteiger partial charge >= 0.3 is 18.3 Å². The van der Waals surface area contributed by atoms with E-state index >= 15 is 0 Å². The first-order valence-corrected chi connectivity index (χ1v) is 8.98. The van der Waals surface area contributed by atoms with Crippen LogP contribution in [-0.4, -0.2) is 47.2 Å². The fourth-order valence-electron chi connectivity index (χ4n) is 3.08. The lowest BCUT2D eigenvalue weighted by Crippen LogP contribution is -2.50. The SMILES string of the molecule is C=C(C(=O)OC(C)C(=O)N(C(=O)C1CCC(C(F)(F)F)CC1)C(C)C)C(F)(F)F. The number of alkyl halides is 6. The minimum atomic E-state index is -5.04. The van der Waals surface area contributed by atoms with Crippen molar-refractivity contribution in [2.24, 2.45) is 11.8 Å². The van der Waals surface area contributed by atoms with E-state index in [1.807, 2.05) is 0 Å². The molecule has 1 aliphatic carbocycles. The minimum Gasteiger partial charge on any atom is -0.449 e. The van der Waals surface area contributed by atoms with Crippen molar-refractivity contribution >= 4 is 17.8 Å². The van der Waals surface area contributed by atoms with Crippen LogP contribution in [0.15, 0.2) is 12.2 Å². The number of rotatable bonds is 5. The van der Waals surface area contributed by atoms with Crippen molar-refractivity contribution in [3.8, 4) is 0 Å². The number of hydrogen-bond donors (Lipinski definition) is 0. The van der Waals surface area contributed by atoms with Gasteiger partial charge in [0, 0.05) is 12.0 Å². The summed E-state index contributed by atoms with van der Waals surface area (Å²) in [6.07, 6.45) is -11.8. The standard InChI is InChI=1S/C18H23F6NO4/c1-9(2)25(14(26)11(4)29-16(28)10(3)17(19,20)21)15(27)12-5-7-13(8-6-12)18(22,23)24/h9,11-13H,3,5-8H2,1-2,4H3. The molecule has 0 saturated heterocycles. The Morgan fingerprint density at radius 3 is 1.83 bits per heavy atom. The van der Waals surface area contributed by atoms with Crippen LogP contribution in [0.4, 0.5) is 26.3 Å². The molecule has 0 heterocycles. The zero-order valence-corrected chi connectivity index (χ0v) is 16.2. The molecule has 0 bridgehead atoms. The van der Waals surface area contributed by atoms with Gasteiger partial charge in [0.1, 0.15) is 5.57 Å². The van der Waals surface area contributed by atoms with Crippen molar-refractivity contribution in [1.82, 2.24) is 4.90 Å². The number of esters is 1. The fourth-order valence-corrected chi connectivity index (χ4v) is 3.08. The van der Waals surface area contributed by atoms with Crippen LogP contribution in [0, 0.1) is 11.8 Å². The summed E-state index contributed by atoms with van der Waals surface area (Å²) in [6.45, 7) is 6.49. The molecule has 5 nitrogen and oxygen atoms in total. The first-order valence-electron chi connectivity index (χ1n) is 8.98. The second-order valence-electron chi connectivity index (χ2n) is 7.25. The van der Waals surface area contributed by atoms with Crippen LogP contribution in [0.5, 0.6) is 0 Å². The molecule has 29 heavy (non-hydrogen) atoms. The van der Waals surface area contributed by atoms with Crippen molar-refractivity contribution in [3.63, 3.8) is 0 Å². The Kier molecular flexibility index (Phi) is 7.89. The van der Waals surface area contributed by atoms with E-state index < -0.39 is 59.7 Å². The third-order valence-corrected chi connectivity index (χ3v) is 4.75. The number of halogens is 6. The summed E-state index contributed by atoms with van der Waals surface area (Å²) < 4.78 is 80.3. The maximum atomic E-state index is 12.8. The Balaban J connectivity index is 2.83. The Bertz CT molecular complexity index is 648. The Hall–Kier alpha value is -2.07. The molecule has 0 N–H and O–H groups in total. The molecule has 1 rings (SSSR count). The number of hydrogen-bond acceptors (Lipinski definition) is 4. The molecule has 1 unspecified atom stereocenters. The Morgan fingerprint density at radius 1 is 0.966 bits per heavy atom. The number of nitrogens with zero attached hydrogens (tertiary/aromatic N) is 1. The Morgan fingerprint density at radius 2 is 1.45 bits per heavy atom. The van der Waals surface area contributed by atoms with Gasteiger partial charge in [0.2, 0.25) is 5.91 Å². The summed E-state index contributed by atoms with van der Waals surface area (Å²) in [5.41, 5.74) is -1.80. The first kappa shape index (κ1) is 25.0. The fraction of sp³-hybridized carbons (Fsp3) is 0.722. The van der Waals surface area contributed by atoms with Gasteiger partial charge in [-0.2, -0.15) is 26.3 Å². The minimum absolute atomic E-state index is 0.0709. The van der Waals surface area contributed by atoms with Gasteiger partial charge in [-0.1, -0.05) is 6.58 Å².